The second-order valence-electron chi connectivity index (χ2n) is 7.30. The van der Waals surface area contributed by atoms with Gasteiger partial charge in [0.25, 0.3) is 11.8 Å². The highest BCUT2D eigenvalue weighted by molar-refractivity contribution is 6.30. The van der Waals surface area contributed by atoms with Crippen molar-refractivity contribution in [1.82, 2.24) is 4.90 Å². The normalized spacial score (nSPS) is 22.9. The zero-order valence-corrected chi connectivity index (χ0v) is 15.7. The van der Waals surface area contributed by atoms with Gasteiger partial charge in [-0.2, -0.15) is 0 Å². The molecule has 1 spiro atoms. The quantitative estimate of drug-likeness (QED) is 0.798. The monoisotopic (exact) mass is 384 g/mol. The molecule has 0 radical (unpaired) electrons. The third-order valence-electron chi connectivity index (χ3n) is 5.29. The molecule has 2 heterocycles. The van der Waals surface area contributed by atoms with Gasteiger partial charge < -0.3 is 14.5 Å². The molecule has 6 heteroatoms. The predicted octanol–water partition coefficient (Wildman–Crippen LogP) is 3.24. The molecule has 140 valence electrons. The van der Waals surface area contributed by atoms with Crippen molar-refractivity contribution in [1.29, 1.82) is 0 Å². The van der Waals surface area contributed by atoms with E-state index < -0.39 is 0 Å². The van der Waals surface area contributed by atoms with Crippen LogP contribution in [0.2, 0.25) is 5.02 Å². The van der Waals surface area contributed by atoms with Gasteiger partial charge in [0.1, 0.15) is 6.61 Å². The molecule has 27 heavy (non-hydrogen) atoms. The minimum absolute atomic E-state index is 0.0313. The molecule has 2 saturated heterocycles. The fraction of sp³-hybridized carbons (Fsp3) is 0.333. The number of para-hydroxylation sites is 1. The van der Waals surface area contributed by atoms with Gasteiger partial charge >= 0.3 is 0 Å². The number of halogens is 1. The Morgan fingerprint density at radius 2 is 1.89 bits per heavy atom. The van der Waals surface area contributed by atoms with Crippen LogP contribution in [0.4, 0.5) is 5.69 Å². The van der Waals surface area contributed by atoms with Crippen LogP contribution in [0.5, 0.6) is 0 Å². The van der Waals surface area contributed by atoms with Crippen LogP contribution in [0.25, 0.3) is 0 Å². The molecule has 1 atom stereocenters. The van der Waals surface area contributed by atoms with Crippen LogP contribution in [-0.4, -0.2) is 49.6 Å². The van der Waals surface area contributed by atoms with E-state index in [0.29, 0.717) is 36.8 Å². The number of likely N-dealkylation sites (tertiary alicyclic amines) is 1. The average Bonchev–Trinajstić information content (AvgIpc) is 3.02. The first-order chi connectivity index (χ1) is 13.1. The molecule has 1 unspecified atom stereocenters. The number of hydrogen-bond acceptors (Lipinski definition) is 3. The molecule has 4 rings (SSSR count). The Balaban J connectivity index is 1.55. The standard InChI is InChI=1S/C21H21ClN2O3/c22-17-6-4-5-16(11-17)20(26)23-10-9-21(13-23)14-24(19(25)12-27-15-21)18-7-2-1-3-8-18/h1-8,11H,9-10,12-15H2. The van der Waals surface area contributed by atoms with Crippen molar-refractivity contribution in [3.05, 3.63) is 65.2 Å². The average molecular weight is 385 g/mol. The van der Waals surface area contributed by atoms with E-state index in [1.54, 1.807) is 29.2 Å². The van der Waals surface area contributed by atoms with Gasteiger partial charge in [-0.05, 0) is 36.8 Å². The van der Waals surface area contributed by atoms with E-state index in [2.05, 4.69) is 0 Å². The number of benzene rings is 2. The minimum atomic E-state index is -0.254. The summed E-state index contributed by atoms with van der Waals surface area (Å²) in [6.07, 6.45) is 0.802. The molecule has 5 nitrogen and oxygen atoms in total. The third-order valence-corrected chi connectivity index (χ3v) is 5.53. The van der Waals surface area contributed by atoms with Gasteiger partial charge in [0.15, 0.2) is 0 Å². The molecule has 0 saturated carbocycles. The van der Waals surface area contributed by atoms with E-state index >= 15 is 0 Å². The van der Waals surface area contributed by atoms with E-state index in [9.17, 15) is 9.59 Å². The summed E-state index contributed by atoms with van der Waals surface area (Å²) in [5, 5.41) is 0.549. The highest BCUT2D eigenvalue weighted by atomic mass is 35.5. The molecule has 0 bridgehead atoms. The van der Waals surface area contributed by atoms with Crippen molar-refractivity contribution in [3.8, 4) is 0 Å². The lowest BCUT2D eigenvalue weighted by atomic mass is 9.87. The highest BCUT2D eigenvalue weighted by Crippen LogP contribution is 2.36. The number of ether oxygens (including phenoxy) is 1. The molecular formula is C21H21ClN2O3. The summed E-state index contributed by atoms with van der Waals surface area (Å²) in [4.78, 5) is 29.0. The van der Waals surface area contributed by atoms with E-state index in [-0.39, 0.29) is 23.8 Å². The van der Waals surface area contributed by atoms with Crippen LogP contribution in [0.1, 0.15) is 16.8 Å². The molecular weight excluding hydrogens is 364 g/mol. The third kappa shape index (κ3) is 3.70. The Hall–Kier alpha value is -2.37. The van der Waals surface area contributed by atoms with Crippen LogP contribution in [0.3, 0.4) is 0 Å². The Morgan fingerprint density at radius 3 is 2.67 bits per heavy atom. The highest BCUT2D eigenvalue weighted by Gasteiger charge is 2.44. The summed E-state index contributed by atoms with van der Waals surface area (Å²) < 4.78 is 5.70. The van der Waals surface area contributed by atoms with Gasteiger partial charge in [-0.25, -0.2) is 0 Å². The van der Waals surface area contributed by atoms with Crippen LogP contribution in [-0.2, 0) is 9.53 Å². The second-order valence-corrected chi connectivity index (χ2v) is 7.73. The fourth-order valence-corrected chi connectivity index (χ4v) is 4.09. The zero-order chi connectivity index (χ0) is 18.9. The fourth-order valence-electron chi connectivity index (χ4n) is 3.90. The van der Waals surface area contributed by atoms with Gasteiger partial charge in [0.05, 0.1) is 6.61 Å². The number of carbonyl (C=O) groups excluding carboxylic acids is 2. The minimum Gasteiger partial charge on any atom is -0.371 e. The van der Waals surface area contributed by atoms with E-state index in [0.717, 1.165) is 12.1 Å². The largest absolute Gasteiger partial charge is 0.371 e. The number of amides is 2. The van der Waals surface area contributed by atoms with Crippen LogP contribution in [0.15, 0.2) is 54.6 Å². The maximum atomic E-state index is 12.9. The van der Waals surface area contributed by atoms with Gasteiger partial charge in [0, 0.05) is 41.3 Å². The lowest BCUT2D eigenvalue weighted by molar-refractivity contribution is -0.122. The smallest absolute Gasteiger partial charge is 0.253 e. The first-order valence-electron chi connectivity index (χ1n) is 9.04. The number of rotatable bonds is 2. The van der Waals surface area contributed by atoms with E-state index in [1.165, 1.54) is 0 Å². The van der Waals surface area contributed by atoms with E-state index in [4.69, 9.17) is 16.3 Å². The maximum Gasteiger partial charge on any atom is 0.253 e. The summed E-state index contributed by atoms with van der Waals surface area (Å²) >= 11 is 6.03. The molecule has 2 aliphatic rings. The lowest BCUT2D eigenvalue weighted by Crippen LogP contribution is -2.43. The van der Waals surface area contributed by atoms with Crippen LogP contribution < -0.4 is 4.90 Å². The first-order valence-corrected chi connectivity index (χ1v) is 9.42. The van der Waals surface area contributed by atoms with Gasteiger partial charge in [-0.15, -0.1) is 0 Å². The molecule has 0 aromatic heterocycles. The number of hydrogen-bond donors (Lipinski definition) is 0. The van der Waals surface area contributed by atoms with Crippen molar-refractivity contribution in [2.45, 2.75) is 6.42 Å². The van der Waals surface area contributed by atoms with Crippen molar-refractivity contribution >= 4 is 29.1 Å². The van der Waals surface area contributed by atoms with Crippen molar-refractivity contribution in [2.24, 2.45) is 5.41 Å². The summed E-state index contributed by atoms with van der Waals surface area (Å²) in [6, 6.07) is 16.6. The van der Waals surface area contributed by atoms with Crippen LogP contribution in [0, 0.1) is 5.41 Å². The molecule has 0 aliphatic carbocycles. The Labute approximate surface area is 163 Å². The Bertz CT molecular complexity index is 858. The molecule has 2 fully saturated rings. The van der Waals surface area contributed by atoms with Crippen molar-refractivity contribution in [3.63, 3.8) is 0 Å². The summed E-state index contributed by atoms with van der Waals surface area (Å²) in [7, 11) is 0. The molecule has 0 N–H and O–H groups in total. The van der Waals surface area contributed by atoms with Crippen molar-refractivity contribution in [2.75, 3.05) is 37.7 Å². The summed E-state index contributed by atoms with van der Waals surface area (Å²) in [5.74, 6) is -0.0751. The van der Waals surface area contributed by atoms with Gasteiger partial charge in [-0.3, -0.25) is 9.59 Å². The predicted molar refractivity (Wildman–Crippen MR) is 104 cm³/mol. The van der Waals surface area contributed by atoms with Gasteiger partial charge in [-0.1, -0.05) is 35.9 Å². The second kappa shape index (κ2) is 7.33. The molecule has 2 aliphatic heterocycles. The number of nitrogens with zero attached hydrogens (tertiary/aromatic N) is 2. The topological polar surface area (TPSA) is 49.9 Å². The summed E-state index contributed by atoms with van der Waals surface area (Å²) in [5.41, 5.74) is 1.20. The summed E-state index contributed by atoms with van der Waals surface area (Å²) in [6.45, 7) is 2.30. The number of carbonyl (C=O) groups is 2. The Kier molecular flexibility index (Phi) is 4.89. The maximum absolute atomic E-state index is 12.9. The molecule has 2 aromatic rings. The molecule has 2 amide bonds. The van der Waals surface area contributed by atoms with Crippen LogP contribution >= 0.6 is 11.6 Å². The Morgan fingerprint density at radius 1 is 1.07 bits per heavy atom. The number of anilines is 1. The molecule has 2 aromatic carbocycles. The van der Waals surface area contributed by atoms with Crippen molar-refractivity contribution < 1.29 is 14.3 Å². The first kappa shape index (κ1) is 18.0. The SMILES string of the molecule is O=C(c1cccc(Cl)c1)N1CCC2(COCC(=O)N(c3ccccc3)C2)C1. The van der Waals surface area contributed by atoms with Gasteiger partial charge in [0.2, 0.25) is 0 Å². The van der Waals surface area contributed by atoms with E-state index in [1.807, 2.05) is 35.2 Å². The lowest BCUT2D eigenvalue weighted by Gasteiger charge is -2.32. The zero-order valence-electron chi connectivity index (χ0n) is 14.9.